The molecule has 5 nitrogen and oxygen atoms in total. The lowest BCUT2D eigenvalue weighted by Crippen LogP contribution is -2.10. The fourth-order valence-corrected chi connectivity index (χ4v) is 2.11. The topological polar surface area (TPSA) is 73.8 Å². The van der Waals surface area contributed by atoms with Gasteiger partial charge in [-0.05, 0) is 19.4 Å². The lowest BCUT2D eigenvalue weighted by Gasteiger charge is -2.03. The lowest BCUT2D eigenvalue weighted by molar-refractivity contribution is 0.0988. The number of aromatic nitrogens is 3. The molecule has 100 valence electrons. The van der Waals surface area contributed by atoms with Gasteiger partial charge in [-0.1, -0.05) is 34.5 Å². The number of benzene rings is 1. The number of hydrogen-bond acceptors (Lipinski definition) is 4. The van der Waals surface area contributed by atoms with Gasteiger partial charge in [-0.3, -0.25) is 9.48 Å². The van der Waals surface area contributed by atoms with Crippen LogP contribution >= 0.6 is 0 Å². The molecule has 1 aromatic carbocycles. The van der Waals surface area contributed by atoms with Crippen LogP contribution in [0.1, 0.15) is 27.2 Å². The summed E-state index contributed by atoms with van der Waals surface area (Å²) in [4.78, 5) is 12.1. The Morgan fingerprint density at radius 2 is 1.95 bits per heavy atom. The van der Waals surface area contributed by atoms with Gasteiger partial charge < -0.3 is 5.73 Å². The SMILES string of the molecule is Cc1cc(C)cc(CC(=O)c2cn(CCN)nn2)c1. The van der Waals surface area contributed by atoms with Crippen LogP contribution in [0.4, 0.5) is 0 Å². The number of carbonyl (C=O) groups is 1. The highest BCUT2D eigenvalue weighted by atomic mass is 16.1. The first kappa shape index (κ1) is 13.4. The number of carbonyl (C=O) groups excluding carboxylic acids is 1. The van der Waals surface area contributed by atoms with Crippen molar-refractivity contribution in [2.24, 2.45) is 5.73 Å². The van der Waals surface area contributed by atoms with Crippen LogP contribution in [-0.2, 0) is 13.0 Å². The molecule has 0 aliphatic heterocycles. The van der Waals surface area contributed by atoms with E-state index in [1.54, 1.807) is 10.9 Å². The largest absolute Gasteiger partial charge is 0.329 e. The Morgan fingerprint density at radius 1 is 1.26 bits per heavy atom. The molecule has 0 bridgehead atoms. The fourth-order valence-electron chi connectivity index (χ4n) is 2.11. The van der Waals surface area contributed by atoms with Crippen molar-refractivity contribution in [2.75, 3.05) is 6.54 Å². The van der Waals surface area contributed by atoms with E-state index in [2.05, 4.69) is 16.4 Å². The van der Waals surface area contributed by atoms with Gasteiger partial charge in [0.15, 0.2) is 5.78 Å². The molecule has 0 atom stereocenters. The Hall–Kier alpha value is -2.01. The van der Waals surface area contributed by atoms with E-state index in [9.17, 15) is 4.79 Å². The molecule has 2 N–H and O–H groups in total. The van der Waals surface area contributed by atoms with E-state index in [1.165, 1.54) is 0 Å². The van der Waals surface area contributed by atoms with Crippen molar-refractivity contribution in [3.05, 3.63) is 46.8 Å². The zero-order valence-corrected chi connectivity index (χ0v) is 11.3. The van der Waals surface area contributed by atoms with E-state index in [0.717, 1.165) is 16.7 Å². The summed E-state index contributed by atoms with van der Waals surface area (Å²) in [6.45, 7) is 5.11. The minimum atomic E-state index is -0.0201. The third-order valence-electron chi connectivity index (χ3n) is 2.83. The molecule has 0 aliphatic rings. The summed E-state index contributed by atoms with van der Waals surface area (Å²) in [5.41, 5.74) is 9.16. The number of hydrogen-bond donors (Lipinski definition) is 1. The maximum Gasteiger partial charge on any atom is 0.189 e. The van der Waals surface area contributed by atoms with Crippen molar-refractivity contribution >= 4 is 5.78 Å². The van der Waals surface area contributed by atoms with Gasteiger partial charge in [0.1, 0.15) is 5.69 Å². The second-order valence-corrected chi connectivity index (χ2v) is 4.75. The zero-order chi connectivity index (χ0) is 13.8. The molecule has 0 unspecified atom stereocenters. The van der Waals surface area contributed by atoms with Gasteiger partial charge in [-0.2, -0.15) is 0 Å². The molecule has 5 heteroatoms. The molecule has 0 amide bonds. The highest BCUT2D eigenvalue weighted by molar-refractivity contribution is 5.95. The van der Waals surface area contributed by atoms with Gasteiger partial charge in [0, 0.05) is 13.0 Å². The van der Waals surface area contributed by atoms with Gasteiger partial charge in [0.25, 0.3) is 0 Å². The van der Waals surface area contributed by atoms with Crippen molar-refractivity contribution in [2.45, 2.75) is 26.8 Å². The molecule has 2 aromatic rings. The maximum atomic E-state index is 12.1. The van der Waals surface area contributed by atoms with Gasteiger partial charge in [0.2, 0.25) is 0 Å². The smallest absolute Gasteiger partial charge is 0.189 e. The Balaban J connectivity index is 2.11. The van der Waals surface area contributed by atoms with Crippen LogP contribution in [0.25, 0.3) is 0 Å². The summed E-state index contributed by atoms with van der Waals surface area (Å²) < 4.78 is 1.59. The molecule has 0 radical (unpaired) electrons. The number of ketones is 1. The summed E-state index contributed by atoms with van der Waals surface area (Å²) in [6.07, 6.45) is 2.00. The highest BCUT2D eigenvalue weighted by Gasteiger charge is 2.12. The van der Waals surface area contributed by atoms with Gasteiger partial charge in [0.05, 0.1) is 12.7 Å². The number of nitrogens with two attached hydrogens (primary N) is 1. The first-order valence-corrected chi connectivity index (χ1v) is 6.29. The Labute approximate surface area is 112 Å². The second kappa shape index (κ2) is 5.75. The van der Waals surface area contributed by atoms with Crippen molar-refractivity contribution in [3.8, 4) is 0 Å². The van der Waals surface area contributed by atoms with E-state index >= 15 is 0 Å². The van der Waals surface area contributed by atoms with Gasteiger partial charge >= 0.3 is 0 Å². The Kier molecular flexibility index (Phi) is 4.06. The standard InChI is InChI=1S/C14H18N4O/c1-10-5-11(2)7-12(6-10)8-14(19)13-9-18(4-3-15)17-16-13/h5-7,9H,3-4,8,15H2,1-2H3. The van der Waals surface area contributed by atoms with Crippen LogP contribution in [0.5, 0.6) is 0 Å². The van der Waals surface area contributed by atoms with E-state index in [0.29, 0.717) is 25.2 Å². The average Bonchev–Trinajstić information content (AvgIpc) is 2.76. The van der Waals surface area contributed by atoms with E-state index in [1.807, 2.05) is 26.0 Å². The highest BCUT2D eigenvalue weighted by Crippen LogP contribution is 2.11. The van der Waals surface area contributed by atoms with E-state index in [4.69, 9.17) is 5.73 Å². The summed E-state index contributed by atoms with van der Waals surface area (Å²) in [7, 11) is 0. The lowest BCUT2D eigenvalue weighted by atomic mass is 10.0. The monoisotopic (exact) mass is 258 g/mol. The quantitative estimate of drug-likeness (QED) is 0.820. The fraction of sp³-hybridized carbons (Fsp3) is 0.357. The number of Topliss-reactive ketones (excluding diaryl/α,β-unsaturated/α-hetero) is 1. The summed E-state index contributed by atoms with van der Waals surface area (Å²) in [5.74, 6) is -0.0201. The number of aryl methyl sites for hydroxylation is 2. The predicted octanol–water partition coefficient (Wildman–Crippen LogP) is 1.28. The average molecular weight is 258 g/mol. The zero-order valence-electron chi connectivity index (χ0n) is 11.3. The van der Waals surface area contributed by atoms with Crippen LogP contribution in [0.15, 0.2) is 24.4 Å². The van der Waals surface area contributed by atoms with Crippen molar-refractivity contribution in [1.82, 2.24) is 15.0 Å². The summed E-state index contributed by atoms with van der Waals surface area (Å²) >= 11 is 0. The molecule has 1 heterocycles. The van der Waals surface area contributed by atoms with E-state index < -0.39 is 0 Å². The third-order valence-corrected chi connectivity index (χ3v) is 2.83. The number of nitrogens with zero attached hydrogens (tertiary/aromatic N) is 3. The van der Waals surface area contributed by atoms with Crippen molar-refractivity contribution < 1.29 is 4.79 Å². The molecule has 1 aromatic heterocycles. The minimum absolute atomic E-state index is 0.0201. The van der Waals surface area contributed by atoms with Gasteiger partial charge in [-0.25, -0.2) is 0 Å². The third kappa shape index (κ3) is 3.48. The number of rotatable bonds is 5. The van der Waals surface area contributed by atoms with E-state index in [-0.39, 0.29) is 5.78 Å². The first-order chi connectivity index (χ1) is 9.08. The summed E-state index contributed by atoms with van der Waals surface area (Å²) in [5, 5.41) is 7.75. The van der Waals surface area contributed by atoms with Crippen molar-refractivity contribution in [1.29, 1.82) is 0 Å². The van der Waals surface area contributed by atoms with Crippen LogP contribution in [-0.4, -0.2) is 27.3 Å². The molecule has 19 heavy (non-hydrogen) atoms. The maximum absolute atomic E-state index is 12.1. The molecule has 0 fully saturated rings. The van der Waals surface area contributed by atoms with Crippen LogP contribution in [0.2, 0.25) is 0 Å². The van der Waals surface area contributed by atoms with Crippen LogP contribution < -0.4 is 5.73 Å². The molecule has 2 rings (SSSR count). The Morgan fingerprint density at radius 3 is 2.58 bits per heavy atom. The minimum Gasteiger partial charge on any atom is -0.329 e. The molecular formula is C14H18N4O. The van der Waals surface area contributed by atoms with Gasteiger partial charge in [-0.15, -0.1) is 5.10 Å². The molecular weight excluding hydrogens is 240 g/mol. The predicted molar refractivity (Wildman–Crippen MR) is 73.0 cm³/mol. The Bertz CT molecular complexity index is 569. The van der Waals surface area contributed by atoms with Crippen LogP contribution in [0, 0.1) is 13.8 Å². The van der Waals surface area contributed by atoms with Crippen molar-refractivity contribution in [3.63, 3.8) is 0 Å². The molecule has 0 saturated carbocycles. The normalized spacial score (nSPS) is 10.7. The first-order valence-electron chi connectivity index (χ1n) is 6.29. The van der Waals surface area contributed by atoms with Crippen LogP contribution in [0.3, 0.4) is 0 Å². The summed E-state index contributed by atoms with van der Waals surface area (Å²) in [6, 6.07) is 6.13. The molecule has 0 saturated heterocycles. The molecule has 0 aliphatic carbocycles. The second-order valence-electron chi connectivity index (χ2n) is 4.75. The molecule has 0 spiro atoms.